The van der Waals surface area contributed by atoms with Gasteiger partial charge in [0.2, 0.25) is 10.0 Å². The average Bonchev–Trinajstić information content (AvgIpc) is 3.09. The van der Waals surface area contributed by atoms with Crippen LogP contribution in [-0.4, -0.2) is 61.5 Å². The highest BCUT2D eigenvalue weighted by atomic mass is 32.2. The fraction of sp³-hybridized carbons (Fsp3) is 0.278. The number of hydrogen-bond donors (Lipinski definition) is 6. The van der Waals surface area contributed by atoms with Crippen molar-refractivity contribution in [2.45, 2.75) is 44.5 Å². The molecule has 0 saturated heterocycles. The molecule has 0 aromatic heterocycles. The molecule has 0 radical (unpaired) electrons. The number of amides is 2. The first-order valence-electron chi connectivity index (χ1n) is 15.5. The molecular weight excluding hydrogens is 616 g/mol. The maximum Gasteiger partial charge on any atom is 0.251 e. The quantitative estimate of drug-likeness (QED) is 0.106. The van der Waals surface area contributed by atoms with Crippen molar-refractivity contribution in [1.29, 1.82) is 0 Å². The lowest BCUT2D eigenvalue weighted by molar-refractivity contribution is 0.0816. The predicted molar refractivity (Wildman–Crippen MR) is 184 cm³/mol. The molecule has 0 fully saturated rings. The normalized spacial score (nSPS) is 14.0. The zero-order chi connectivity index (χ0) is 33.8. The standard InChI is InChI=1S/C36H42N4O6S/c1-3-47(45,46)40-31-21-29(35(43)38-25(2)27-15-9-5-10-16-27)20-30(22-31)36(44)39-32(19-26-13-7-4-8-14-26)34(42)23-37-33(24-41)28-17-11-6-12-18-28/h4-18,20-22,25,32-34,37,40-42H,3,19,23-24H2,1-2H3,(H,38,43)(H,39,44)/t25-,32+,33+,34-/m1/s1. The fourth-order valence-electron chi connectivity index (χ4n) is 5.09. The van der Waals surface area contributed by atoms with E-state index in [0.717, 1.165) is 16.7 Å². The van der Waals surface area contributed by atoms with Gasteiger partial charge in [-0.25, -0.2) is 8.42 Å². The second-order valence-corrected chi connectivity index (χ2v) is 13.3. The molecule has 0 saturated carbocycles. The smallest absolute Gasteiger partial charge is 0.251 e. The number of anilines is 1. The van der Waals surface area contributed by atoms with Gasteiger partial charge in [0.1, 0.15) is 0 Å². The summed E-state index contributed by atoms with van der Waals surface area (Å²) < 4.78 is 27.3. The van der Waals surface area contributed by atoms with Gasteiger partial charge in [-0.1, -0.05) is 91.0 Å². The second-order valence-electron chi connectivity index (χ2n) is 11.3. The van der Waals surface area contributed by atoms with Crippen LogP contribution in [0.25, 0.3) is 0 Å². The van der Waals surface area contributed by atoms with Gasteiger partial charge in [0.05, 0.1) is 42.3 Å². The lowest BCUT2D eigenvalue weighted by Crippen LogP contribution is -2.49. The molecule has 4 atom stereocenters. The molecule has 0 unspecified atom stereocenters. The monoisotopic (exact) mass is 658 g/mol. The molecule has 4 aromatic rings. The number of nitrogens with one attached hydrogen (secondary N) is 4. The SMILES string of the molecule is CCS(=O)(=O)Nc1cc(C(=O)N[C@@H](Cc2ccccc2)[C@H](O)CN[C@@H](CO)c2ccccc2)cc(C(=O)N[C@H](C)c2ccccc2)c1. The van der Waals surface area contributed by atoms with Crippen LogP contribution in [0, 0.1) is 0 Å². The number of hydrogen-bond acceptors (Lipinski definition) is 7. The highest BCUT2D eigenvalue weighted by Gasteiger charge is 2.25. The minimum atomic E-state index is -3.72. The van der Waals surface area contributed by atoms with E-state index in [4.69, 9.17) is 0 Å². The highest BCUT2D eigenvalue weighted by Crippen LogP contribution is 2.20. The van der Waals surface area contributed by atoms with Crippen molar-refractivity contribution in [3.8, 4) is 0 Å². The van der Waals surface area contributed by atoms with E-state index < -0.39 is 40.0 Å². The Morgan fingerprint density at radius 3 is 1.85 bits per heavy atom. The summed E-state index contributed by atoms with van der Waals surface area (Å²) in [7, 11) is -3.72. The lowest BCUT2D eigenvalue weighted by Gasteiger charge is -2.27. The summed E-state index contributed by atoms with van der Waals surface area (Å²) in [4.78, 5) is 27.1. The zero-order valence-electron chi connectivity index (χ0n) is 26.5. The third-order valence-electron chi connectivity index (χ3n) is 7.80. The Bertz CT molecular complexity index is 1710. The molecule has 6 N–H and O–H groups in total. The maximum absolute atomic E-state index is 13.8. The molecule has 4 rings (SSSR count). The summed E-state index contributed by atoms with van der Waals surface area (Å²) in [5, 5.41) is 30.3. The number of rotatable bonds is 16. The molecule has 0 aliphatic heterocycles. The topological polar surface area (TPSA) is 157 Å². The van der Waals surface area contributed by atoms with Crippen LogP contribution in [0.15, 0.2) is 109 Å². The summed E-state index contributed by atoms with van der Waals surface area (Å²) in [5.74, 6) is -1.30. The molecule has 0 aliphatic rings. The fourth-order valence-corrected chi connectivity index (χ4v) is 5.71. The van der Waals surface area contributed by atoms with Crippen LogP contribution in [0.3, 0.4) is 0 Å². The van der Waals surface area contributed by atoms with Gasteiger partial charge in [-0.2, -0.15) is 0 Å². The molecule has 0 spiro atoms. The van der Waals surface area contributed by atoms with E-state index in [-0.39, 0.29) is 48.2 Å². The number of carbonyl (C=O) groups is 2. The van der Waals surface area contributed by atoms with Crippen LogP contribution in [0.5, 0.6) is 0 Å². The van der Waals surface area contributed by atoms with Crippen molar-refractivity contribution in [2.75, 3.05) is 23.6 Å². The maximum atomic E-state index is 13.8. The Hall–Kier alpha value is -4.55. The predicted octanol–water partition coefficient (Wildman–Crippen LogP) is 3.96. The molecule has 10 nitrogen and oxygen atoms in total. The zero-order valence-corrected chi connectivity index (χ0v) is 27.3. The van der Waals surface area contributed by atoms with E-state index in [1.807, 2.05) is 97.9 Å². The van der Waals surface area contributed by atoms with E-state index in [0.29, 0.717) is 0 Å². The van der Waals surface area contributed by atoms with E-state index in [2.05, 4.69) is 20.7 Å². The summed E-state index contributed by atoms with van der Waals surface area (Å²) in [6, 6.07) is 30.6. The van der Waals surface area contributed by atoms with Gasteiger partial charge in [0, 0.05) is 17.7 Å². The Balaban J connectivity index is 1.59. The third-order valence-corrected chi connectivity index (χ3v) is 9.10. The van der Waals surface area contributed by atoms with E-state index in [9.17, 15) is 28.2 Å². The minimum Gasteiger partial charge on any atom is -0.394 e. The van der Waals surface area contributed by atoms with Crippen LogP contribution in [-0.2, 0) is 16.4 Å². The average molecular weight is 659 g/mol. The minimum absolute atomic E-state index is 0.0366. The van der Waals surface area contributed by atoms with Gasteiger partial charge >= 0.3 is 0 Å². The van der Waals surface area contributed by atoms with Crippen molar-refractivity contribution >= 4 is 27.5 Å². The van der Waals surface area contributed by atoms with Crippen LogP contribution in [0.1, 0.15) is 63.3 Å². The van der Waals surface area contributed by atoms with Gasteiger partial charge in [-0.3, -0.25) is 14.3 Å². The first-order valence-corrected chi connectivity index (χ1v) is 17.2. The Kier molecular flexibility index (Phi) is 12.7. The van der Waals surface area contributed by atoms with E-state index in [1.54, 1.807) is 0 Å². The van der Waals surface area contributed by atoms with Crippen LogP contribution in [0.2, 0.25) is 0 Å². The van der Waals surface area contributed by atoms with Gasteiger partial charge in [-0.15, -0.1) is 0 Å². The van der Waals surface area contributed by atoms with E-state index in [1.165, 1.54) is 25.1 Å². The molecule has 11 heteroatoms. The van der Waals surface area contributed by atoms with Gasteiger partial charge in [0.15, 0.2) is 0 Å². The Labute approximate surface area is 276 Å². The number of aliphatic hydroxyl groups excluding tert-OH is 2. The van der Waals surface area contributed by atoms with Gasteiger partial charge in [0.25, 0.3) is 11.8 Å². The van der Waals surface area contributed by atoms with Crippen molar-refractivity contribution in [2.24, 2.45) is 0 Å². The number of aliphatic hydroxyl groups is 2. The summed E-state index contributed by atoms with van der Waals surface area (Å²) >= 11 is 0. The number of benzene rings is 4. The summed E-state index contributed by atoms with van der Waals surface area (Å²) in [5.41, 5.74) is 2.79. The second kappa shape index (κ2) is 16.8. The molecule has 0 aliphatic carbocycles. The third kappa shape index (κ3) is 10.5. The van der Waals surface area contributed by atoms with Crippen molar-refractivity contribution in [3.05, 3.63) is 137 Å². The summed E-state index contributed by atoms with van der Waals surface area (Å²) in [6.07, 6.45) is -0.789. The molecule has 0 bridgehead atoms. The van der Waals surface area contributed by atoms with E-state index >= 15 is 0 Å². The number of carbonyl (C=O) groups excluding carboxylic acids is 2. The highest BCUT2D eigenvalue weighted by molar-refractivity contribution is 7.92. The summed E-state index contributed by atoms with van der Waals surface area (Å²) in [6.45, 7) is 3.17. The first-order chi connectivity index (χ1) is 22.6. The molecule has 47 heavy (non-hydrogen) atoms. The first kappa shape index (κ1) is 35.3. The van der Waals surface area contributed by atoms with Crippen molar-refractivity contribution in [3.63, 3.8) is 0 Å². The molecule has 0 heterocycles. The van der Waals surface area contributed by atoms with Crippen LogP contribution >= 0.6 is 0 Å². The Morgan fingerprint density at radius 2 is 1.30 bits per heavy atom. The van der Waals surface area contributed by atoms with Gasteiger partial charge in [-0.05, 0) is 55.2 Å². The molecule has 2 amide bonds. The molecular formula is C36H42N4O6S. The van der Waals surface area contributed by atoms with Gasteiger partial charge < -0.3 is 26.2 Å². The van der Waals surface area contributed by atoms with Crippen molar-refractivity contribution in [1.82, 2.24) is 16.0 Å². The van der Waals surface area contributed by atoms with Crippen molar-refractivity contribution < 1.29 is 28.2 Å². The Morgan fingerprint density at radius 1 is 0.766 bits per heavy atom. The molecule has 4 aromatic carbocycles. The van der Waals surface area contributed by atoms with Crippen LogP contribution < -0.4 is 20.7 Å². The lowest BCUT2D eigenvalue weighted by atomic mass is 9.99. The van der Waals surface area contributed by atoms with Crippen LogP contribution in [0.4, 0.5) is 5.69 Å². The molecule has 248 valence electrons. The largest absolute Gasteiger partial charge is 0.394 e. The number of sulfonamides is 1.